The summed E-state index contributed by atoms with van der Waals surface area (Å²) in [6.07, 6.45) is -4.54. The smallest absolute Gasteiger partial charge is 0.338 e. The lowest BCUT2D eigenvalue weighted by Gasteiger charge is -2.10. The molecule has 0 saturated heterocycles. The zero-order valence-corrected chi connectivity index (χ0v) is 15.7. The Labute approximate surface area is 165 Å². The minimum Gasteiger partial charge on any atom is -0.338 e. The van der Waals surface area contributed by atoms with Crippen molar-refractivity contribution in [3.8, 4) is 22.8 Å². The first kappa shape index (κ1) is 20.4. The van der Waals surface area contributed by atoms with Crippen molar-refractivity contribution in [1.29, 1.82) is 0 Å². The van der Waals surface area contributed by atoms with Crippen molar-refractivity contribution in [3.05, 3.63) is 54.1 Å². The number of carbonyl (C=O) groups excluding carboxylic acids is 1. The summed E-state index contributed by atoms with van der Waals surface area (Å²) in [5.74, 6) is 0.189. The molecule has 0 bridgehead atoms. The molecule has 2 N–H and O–H groups in total. The van der Waals surface area contributed by atoms with E-state index in [0.29, 0.717) is 23.7 Å². The number of alkyl halides is 3. The van der Waals surface area contributed by atoms with E-state index in [0.717, 1.165) is 6.07 Å². The molecule has 3 rings (SSSR count). The number of hydrogen-bond donors (Lipinski definition) is 2. The molecule has 0 unspecified atom stereocenters. The van der Waals surface area contributed by atoms with Crippen LogP contribution < -0.4 is 10.6 Å². The van der Waals surface area contributed by atoms with Gasteiger partial charge in [-0.1, -0.05) is 43.3 Å². The van der Waals surface area contributed by atoms with Crippen LogP contribution in [0.4, 0.5) is 23.7 Å². The van der Waals surface area contributed by atoms with Crippen LogP contribution in [-0.4, -0.2) is 22.7 Å². The molecule has 0 atom stereocenters. The number of carbonyl (C=O) groups is 1. The molecule has 29 heavy (non-hydrogen) atoms. The fourth-order valence-electron chi connectivity index (χ4n) is 2.58. The summed E-state index contributed by atoms with van der Waals surface area (Å²) in [5.41, 5.74) is -0.0644. The highest BCUT2D eigenvalue weighted by Gasteiger charge is 2.34. The molecular weight excluding hydrogens is 385 g/mol. The molecule has 0 aliphatic heterocycles. The van der Waals surface area contributed by atoms with Gasteiger partial charge in [0.1, 0.15) is 0 Å². The first-order valence-electron chi connectivity index (χ1n) is 8.89. The van der Waals surface area contributed by atoms with Crippen molar-refractivity contribution < 1.29 is 22.5 Å². The Kier molecular flexibility index (Phi) is 5.86. The van der Waals surface area contributed by atoms with Crippen LogP contribution in [-0.2, 0) is 6.18 Å². The monoisotopic (exact) mass is 404 g/mol. The second-order valence-electron chi connectivity index (χ2n) is 6.78. The average molecular weight is 404 g/mol. The molecule has 2 amide bonds. The highest BCUT2D eigenvalue weighted by molar-refractivity contribution is 5.89. The molecule has 1 heterocycles. The average Bonchev–Trinajstić information content (AvgIpc) is 3.16. The van der Waals surface area contributed by atoms with E-state index in [1.807, 2.05) is 13.8 Å². The van der Waals surface area contributed by atoms with Gasteiger partial charge in [-0.05, 0) is 30.2 Å². The summed E-state index contributed by atoms with van der Waals surface area (Å²) < 4.78 is 44.7. The summed E-state index contributed by atoms with van der Waals surface area (Å²) in [5, 5.41) is 9.20. The molecule has 0 aliphatic carbocycles. The highest BCUT2D eigenvalue weighted by Crippen LogP contribution is 2.36. The number of rotatable bonds is 5. The number of nitrogens with zero attached hydrogens (tertiary/aromatic N) is 2. The molecule has 3 aromatic rings. The minimum atomic E-state index is -4.54. The van der Waals surface area contributed by atoms with E-state index >= 15 is 0 Å². The SMILES string of the molecule is CC(C)CNC(=O)Nc1cccc(-c2noc(-c3ccccc3C(F)(F)F)n2)c1. The van der Waals surface area contributed by atoms with Gasteiger partial charge in [-0.25, -0.2) is 4.79 Å². The van der Waals surface area contributed by atoms with E-state index in [2.05, 4.69) is 20.8 Å². The van der Waals surface area contributed by atoms with Crippen LogP contribution in [0, 0.1) is 5.92 Å². The van der Waals surface area contributed by atoms with Crippen molar-refractivity contribution in [2.75, 3.05) is 11.9 Å². The van der Waals surface area contributed by atoms with E-state index in [4.69, 9.17) is 4.52 Å². The molecule has 0 aliphatic rings. The third kappa shape index (κ3) is 5.13. The first-order chi connectivity index (χ1) is 13.7. The molecule has 2 aromatic carbocycles. The van der Waals surface area contributed by atoms with Gasteiger partial charge in [-0.3, -0.25) is 0 Å². The lowest BCUT2D eigenvalue weighted by Crippen LogP contribution is -2.31. The van der Waals surface area contributed by atoms with Gasteiger partial charge < -0.3 is 15.2 Å². The van der Waals surface area contributed by atoms with Gasteiger partial charge in [0.05, 0.1) is 11.1 Å². The predicted molar refractivity (Wildman–Crippen MR) is 102 cm³/mol. The van der Waals surface area contributed by atoms with Crippen LogP contribution in [0.5, 0.6) is 0 Å². The van der Waals surface area contributed by atoms with E-state index in [1.54, 1.807) is 24.3 Å². The van der Waals surface area contributed by atoms with Gasteiger partial charge in [0.15, 0.2) is 0 Å². The van der Waals surface area contributed by atoms with Crippen LogP contribution in [0.15, 0.2) is 53.1 Å². The van der Waals surface area contributed by atoms with Crippen molar-refractivity contribution in [3.63, 3.8) is 0 Å². The second kappa shape index (κ2) is 8.34. The molecule has 6 nitrogen and oxygen atoms in total. The number of anilines is 1. The van der Waals surface area contributed by atoms with Crippen molar-refractivity contribution in [1.82, 2.24) is 15.5 Å². The number of aromatic nitrogens is 2. The Bertz CT molecular complexity index is 999. The van der Waals surface area contributed by atoms with Gasteiger partial charge >= 0.3 is 12.2 Å². The van der Waals surface area contributed by atoms with Crippen LogP contribution in [0.25, 0.3) is 22.8 Å². The quantitative estimate of drug-likeness (QED) is 0.613. The molecule has 9 heteroatoms. The van der Waals surface area contributed by atoms with Crippen LogP contribution in [0.3, 0.4) is 0 Å². The molecular formula is C20H19F3N4O2. The summed E-state index contributed by atoms with van der Waals surface area (Å²) in [7, 11) is 0. The number of halogens is 3. The lowest BCUT2D eigenvalue weighted by atomic mass is 10.1. The molecule has 0 radical (unpaired) electrons. The van der Waals surface area contributed by atoms with E-state index in [1.165, 1.54) is 18.2 Å². The van der Waals surface area contributed by atoms with Crippen molar-refractivity contribution in [2.24, 2.45) is 5.92 Å². The zero-order chi connectivity index (χ0) is 21.0. The number of amides is 2. The number of hydrogen-bond acceptors (Lipinski definition) is 4. The maximum Gasteiger partial charge on any atom is 0.417 e. The Balaban J connectivity index is 1.82. The normalized spacial score (nSPS) is 11.5. The molecule has 152 valence electrons. The maximum atomic E-state index is 13.2. The van der Waals surface area contributed by atoms with Crippen molar-refractivity contribution >= 4 is 11.7 Å². The molecule has 0 fully saturated rings. The number of benzene rings is 2. The fourth-order valence-corrected chi connectivity index (χ4v) is 2.58. The first-order valence-corrected chi connectivity index (χ1v) is 8.89. The number of nitrogens with one attached hydrogen (secondary N) is 2. The predicted octanol–water partition coefficient (Wildman–Crippen LogP) is 5.20. The minimum absolute atomic E-state index is 0.114. The Hall–Kier alpha value is -3.36. The third-order valence-corrected chi connectivity index (χ3v) is 3.94. The third-order valence-electron chi connectivity index (χ3n) is 3.94. The summed E-state index contributed by atoms with van der Waals surface area (Å²) in [4.78, 5) is 16.0. The molecule has 0 spiro atoms. The van der Waals surface area contributed by atoms with E-state index in [9.17, 15) is 18.0 Å². The topological polar surface area (TPSA) is 80.0 Å². The van der Waals surface area contributed by atoms with Gasteiger partial charge in [-0.15, -0.1) is 0 Å². The lowest BCUT2D eigenvalue weighted by molar-refractivity contribution is -0.137. The molecule has 1 aromatic heterocycles. The molecule has 0 saturated carbocycles. The number of urea groups is 1. The van der Waals surface area contributed by atoms with Crippen LogP contribution in [0.2, 0.25) is 0 Å². The van der Waals surface area contributed by atoms with Crippen LogP contribution >= 0.6 is 0 Å². The largest absolute Gasteiger partial charge is 0.417 e. The van der Waals surface area contributed by atoms with Crippen LogP contribution in [0.1, 0.15) is 19.4 Å². The van der Waals surface area contributed by atoms with Gasteiger partial charge in [0, 0.05) is 17.8 Å². The standard InChI is InChI=1S/C20H19F3N4O2/c1-12(2)11-24-19(28)25-14-7-5-6-13(10-14)17-26-18(29-27-17)15-8-3-4-9-16(15)20(21,22)23/h3-10,12H,11H2,1-2H3,(H2,24,25,28). The second-order valence-corrected chi connectivity index (χ2v) is 6.78. The van der Waals surface area contributed by atoms with Gasteiger partial charge in [0.2, 0.25) is 5.82 Å². The maximum absolute atomic E-state index is 13.2. The Morgan fingerprint density at radius 3 is 2.62 bits per heavy atom. The van der Waals surface area contributed by atoms with Gasteiger partial charge in [-0.2, -0.15) is 18.2 Å². The Morgan fingerprint density at radius 2 is 1.90 bits per heavy atom. The highest BCUT2D eigenvalue weighted by atomic mass is 19.4. The summed E-state index contributed by atoms with van der Waals surface area (Å²) in [6.45, 7) is 4.48. The van der Waals surface area contributed by atoms with E-state index in [-0.39, 0.29) is 23.3 Å². The summed E-state index contributed by atoms with van der Waals surface area (Å²) in [6, 6.07) is 11.3. The zero-order valence-electron chi connectivity index (χ0n) is 15.7. The fraction of sp³-hybridized carbons (Fsp3) is 0.250. The van der Waals surface area contributed by atoms with Gasteiger partial charge in [0.25, 0.3) is 5.89 Å². The summed E-state index contributed by atoms with van der Waals surface area (Å²) >= 11 is 0. The Morgan fingerprint density at radius 1 is 1.14 bits per heavy atom. The van der Waals surface area contributed by atoms with E-state index < -0.39 is 11.7 Å². The van der Waals surface area contributed by atoms with Crippen molar-refractivity contribution in [2.45, 2.75) is 20.0 Å².